The number of hydrogen-bond donors (Lipinski definition) is 0. The molecule has 0 atom stereocenters. The fourth-order valence-corrected chi connectivity index (χ4v) is 3.87. The van der Waals surface area contributed by atoms with E-state index in [4.69, 9.17) is 18.9 Å². The highest BCUT2D eigenvalue weighted by Crippen LogP contribution is 2.34. The number of benzene rings is 2. The van der Waals surface area contributed by atoms with Gasteiger partial charge in [-0.25, -0.2) is 4.79 Å². The maximum atomic E-state index is 13.1. The Labute approximate surface area is 183 Å². The van der Waals surface area contributed by atoms with Gasteiger partial charge in [0.25, 0.3) is 5.91 Å². The van der Waals surface area contributed by atoms with E-state index in [1.807, 2.05) is 17.5 Å². The van der Waals surface area contributed by atoms with Crippen LogP contribution in [0.15, 0.2) is 60.0 Å². The molecule has 0 N–H and O–H groups in total. The summed E-state index contributed by atoms with van der Waals surface area (Å²) in [6.45, 7) is 0.883. The number of para-hydroxylation sites is 1. The Morgan fingerprint density at radius 1 is 1.03 bits per heavy atom. The van der Waals surface area contributed by atoms with Crippen LogP contribution >= 0.6 is 11.3 Å². The Morgan fingerprint density at radius 3 is 2.61 bits per heavy atom. The second kappa shape index (κ2) is 9.53. The summed E-state index contributed by atoms with van der Waals surface area (Å²) in [5.74, 6) is 0.638. The summed E-state index contributed by atoms with van der Waals surface area (Å²) in [6, 6.07) is 15.9. The molecule has 3 aromatic rings. The summed E-state index contributed by atoms with van der Waals surface area (Å²) >= 11 is 1.54. The van der Waals surface area contributed by atoms with Crippen molar-refractivity contribution in [1.82, 2.24) is 0 Å². The lowest BCUT2D eigenvalue weighted by Gasteiger charge is -2.25. The van der Waals surface area contributed by atoms with E-state index in [2.05, 4.69) is 0 Å². The summed E-state index contributed by atoms with van der Waals surface area (Å²) in [4.78, 5) is 28.1. The molecule has 1 amide bonds. The predicted molar refractivity (Wildman–Crippen MR) is 116 cm³/mol. The molecule has 1 aliphatic heterocycles. The van der Waals surface area contributed by atoms with Gasteiger partial charge >= 0.3 is 5.97 Å². The SMILES string of the molecule is COc1ccccc1C(=O)OCC(=O)N(Cc1cccs1)c1ccc2c(c1)OCCO2. The molecule has 31 heavy (non-hydrogen) atoms. The molecule has 1 aromatic heterocycles. The number of ether oxygens (including phenoxy) is 4. The standard InChI is InChI=1S/C23H21NO6S/c1-27-19-7-3-2-6-18(19)23(26)30-15-22(25)24(14-17-5-4-12-31-17)16-8-9-20-21(13-16)29-11-10-28-20/h2-9,12-13H,10-11,14-15H2,1H3. The van der Waals surface area contributed by atoms with Crippen molar-refractivity contribution >= 4 is 28.9 Å². The topological polar surface area (TPSA) is 74.3 Å². The van der Waals surface area contributed by atoms with Crippen molar-refractivity contribution in [1.29, 1.82) is 0 Å². The van der Waals surface area contributed by atoms with E-state index in [0.717, 1.165) is 4.88 Å². The molecule has 4 rings (SSSR count). The molecule has 0 saturated heterocycles. The van der Waals surface area contributed by atoms with Gasteiger partial charge in [0.1, 0.15) is 24.5 Å². The lowest BCUT2D eigenvalue weighted by Crippen LogP contribution is -2.34. The molecule has 0 saturated carbocycles. The first kappa shape index (κ1) is 20.7. The maximum absolute atomic E-state index is 13.1. The molecule has 0 unspecified atom stereocenters. The molecule has 0 fully saturated rings. The first-order valence-corrected chi connectivity index (χ1v) is 10.6. The molecule has 2 heterocycles. The highest BCUT2D eigenvalue weighted by Gasteiger charge is 2.22. The van der Waals surface area contributed by atoms with Gasteiger partial charge in [0.15, 0.2) is 18.1 Å². The van der Waals surface area contributed by atoms with Crippen LogP contribution in [0.2, 0.25) is 0 Å². The number of rotatable bonds is 7. The van der Waals surface area contributed by atoms with E-state index in [-0.39, 0.29) is 11.5 Å². The second-order valence-electron chi connectivity index (χ2n) is 6.66. The van der Waals surface area contributed by atoms with Gasteiger partial charge in [0.2, 0.25) is 0 Å². The largest absolute Gasteiger partial charge is 0.496 e. The lowest BCUT2D eigenvalue weighted by molar-refractivity contribution is -0.121. The van der Waals surface area contributed by atoms with Crippen molar-refractivity contribution < 1.29 is 28.5 Å². The van der Waals surface area contributed by atoms with Gasteiger partial charge in [-0.2, -0.15) is 0 Å². The van der Waals surface area contributed by atoms with E-state index < -0.39 is 12.6 Å². The number of esters is 1. The third kappa shape index (κ3) is 4.80. The molecule has 8 heteroatoms. The Bertz CT molecular complexity index is 1070. The molecule has 0 radical (unpaired) electrons. The smallest absolute Gasteiger partial charge is 0.342 e. The van der Waals surface area contributed by atoms with Crippen LogP contribution < -0.4 is 19.1 Å². The number of fused-ring (bicyclic) bond motifs is 1. The zero-order valence-electron chi connectivity index (χ0n) is 16.9. The molecule has 0 bridgehead atoms. The summed E-state index contributed by atoms with van der Waals surface area (Å²) < 4.78 is 21.7. The number of thiophene rings is 1. The number of methoxy groups -OCH3 is 1. The summed E-state index contributed by atoms with van der Waals surface area (Å²) in [7, 11) is 1.47. The van der Waals surface area contributed by atoms with Crippen molar-refractivity contribution in [2.75, 3.05) is 31.8 Å². The first-order valence-electron chi connectivity index (χ1n) is 9.68. The third-order valence-electron chi connectivity index (χ3n) is 4.69. The fraction of sp³-hybridized carbons (Fsp3) is 0.217. The van der Waals surface area contributed by atoms with Crippen LogP contribution in [-0.4, -0.2) is 38.8 Å². The minimum atomic E-state index is -0.621. The van der Waals surface area contributed by atoms with Gasteiger partial charge in [-0.15, -0.1) is 11.3 Å². The minimum Gasteiger partial charge on any atom is -0.496 e. The highest BCUT2D eigenvalue weighted by atomic mass is 32.1. The second-order valence-corrected chi connectivity index (χ2v) is 7.70. The van der Waals surface area contributed by atoms with Gasteiger partial charge in [-0.05, 0) is 35.7 Å². The number of nitrogens with zero attached hydrogens (tertiary/aromatic N) is 1. The van der Waals surface area contributed by atoms with Crippen molar-refractivity contribution in [3.8, 4) is 17.2 Å². The molecule has 160 valence electrons. The van der Waals surface area contributed by atoms with Crippen LogP contribution in [0.4, 0.5) is 5.69 Å². The summed E-state index contributed by atoms with van der Waals surface area (Å²) in [5.41, 5.74) is 0.901. The van der Waals surface area contributed by atoms with Crippen LogP contribution in [0.3, 0.4) is 0 Å². The first-order chi connectivity index (χ1) is 15.2. The van der Waals surface area contributed by atoms with E-state index in [9.17, 15) is 9.59 Å². The van der Waals surface area contributed by atoms with E-state index in [1.54, 1.807) is 58.7 Å². The summed E-state index contributed by atoms with van der Waals surface area (Å²) in [5, 5.41) is 1.95. The molecular formula is C23H21NO6S. The van der Waals surface area contributed by atoms with Gasteiger partial charge in [0, 0.05) is 16.6 Å². The Hall–Kier alpha value is -3.52. The Morgan fingerprint density at radius 2 is 1.84 bits per heavy atom. The van der Waals surface area contributed by atoms with Crippen molar-refractivity contribution in [3.05, 3.63) is 70.4 Å². The molecule has 1 aliphatic rings. The van der Waals surface area contributed by atoms with Crippen LogP contribution in [0.25, 0.3) is 0 Å². The number of carbonyl (C=O) groups is 2. The summed E-state index contributed by atoms with van der Waals surface area (Å²) in [6.07, 6.45) is 0. The molecule has 2 aromatic carbocycles. The minimum absolute atomic E-state index is 0.266. The van der Waals surface area contributed by atoms with Gasteiger partial charge in [0.05, 0.1) is 13.7 Å². The van der Waals surface area contributed by atoms with E-state index in [1.165, 1.54) is 7.11 Å². The number of carbonyl (C=O) groups excluding carboxylic acids is 2. The average Bonchev–Trinajstić information content (AvgIpc) is 3.33. The van der Waals surface area contributed by atoms with Crippen molar-refractivity contribution in [2.45, 2.75) is 6.54 Å². The Balaban J connectivity index is 1.52. The number of hydrogen-bond acceptors (Lipinski definition) is 7. The normalized spacial score (nSPS) is 12.2. The maximum Gasteiger partial charge on any atom is 0.342 e. The predicted octanol–water partition coefficient (Wildman–Crippen LogP) is 3.92. The van der Waals surface area contributed by atoms with Gasteiger partial charge in [-0.1, -0.05) is 18.2 Å². The van der Waals surface area contributed by atoms with Crippen molar-refractivity contribution in [2.24, 2.45) is 0 Å². The van der Waals surface area contributed by atoms with Crippen LogP contribution in [0, 0.1) is 0 Å². The van der Waals surface area contributed by atoms with Crippen LogP contribution in [-0.2, 0) is 16.1 Å². The van der Waals surface area contributed by atoms with Crippen molar-refractivity contribution in [3.63, 3.8) is 0 Å². The lowest BCUT2D eigenvalue weighted by atomic mass is 10.2. The van der Waals surface area contributed by atoms with E-state index >= 15 is 0 Å². The third-order valence-corrected chi connectivity index (χ3v) is 5.55. The zero-order chi connectivity index (χ0) is 21.6. The Kier molecular flexibility index (Phi) is 6.37. The van der Waals surface area contributed by atoms with Crippen LogP contribution in [0.1, 0.15) is 15.2 Å². The molecule has 0 spiro atoms. The molecular weight excluding hydrogens is 418 g/mol. The average molecular weight is 439 g/mol. The fourth-order valence-electron chi connectivity index (χ4n) is 3.18. The quantitative estimate of drug-likeness (QED) is 0.520. The highest BCUT2D eigenvalue weighted by molar-refractivity contribution is 7.09. The van der Waals surface area contributed by atoms with E-state index in [0.29, 0.717) is 42.7 Å². The van der Waals surface area contributed by atoms with Gasteiger partial charge in [-0.3, -0.25) is 4.79 Å². The number of amides is 1. The zero-order valence-corrected chi connectivity index (χ0v) is 17.7. The van der Waals surface area contributed by atoms with Crippen LogP contribution in [0.5, 0.6) is 17.2 Å². The monoisotopic (exact) mass is 439 g/mol. The number of anilines is 1. The molecule has 0 aliphatic carbocycles. The molecule has 7 nitrogen and oxygen atoms in total. The van der Waals surface area contributed by atoms with Gasteiger partial charge < -0.3 is 23.8 Å².